The summed E-state index contributed by atoms with van der Waals surface area (Å²) in [7, 11) is 0. The SMILES string of the molecule is Cc1ccc(-c2ccc3nnc(SCC(=O)N4CCc5ccccc54)n3n2)cc1. The Bertz CT molecular complexity index is 1200. The van der Waals surface area contributed by atoms with Crippen LogP contribution in [0.5, 0.6) is 0 Å². The van der Waals surface area contributed by atoms with Crippen molar-refractivity contribution in [3.8, 4) is 11.3 Å². The second-order valence-electron chi connectivity index (χ2n) is 7.05. The summed E-state index contributed by atoms with van der Waals surface area (Å²) < 4.78 is 1.71. The molecular formula is C22H19N5OS. The molecule has 7 heteroatoms. The van der Waals surface area contributed by atoms with Crippen LogP contribution in [0.25, 0.3) is 16.9 Å². The standard InChI is InChI=1S/C22H19N5OS/c1-15-6-8-16(9-7-15)18-10-11-20-23-24-22(27(20)25-18)29-14-21(28)26-13-12-17-4-2-3-5-19(17)26/h2-11H,12-14H2,1H3. The molecule has 2 aromatic heterocycles. The topological polar surface area (TPSA) is 63.4 Å². The van der Waals surface area contributed by atoms with Crippen molar-refractivity contribution in [1.29, 1.82) is 0 Å². The number of hydrogen-bond donors (Lipinski definition) is 0. The molecule has 0 saturated heterocycles. The first kappa shape index (κ1) is 17.9. The molecule has 1 amide bonds. The molecule has 29 heavy (non-hydrogen) atoms. The molecule has 0 unspecified atom stereocenters. The molecule has 1 aliphatic heterocycles. The molecule has 4 aromatic rings. The van der Waals surface area contributed by atoms with Crippen LogP contribution in [0.2, 0.25) is 0 Å². The maximum atomic E-state index is 12.8. The average molecular weight is 401 g/mol. The zero-order chi connectivity index (χ0) is 19.8. The highest BCUT2D eigenvalue weighted by molar-refractivity contribution is 7.99. The summed E-state index contributed by atoms with van der Waals surface area (Å²) in [6.07, 6.45) is 0.905. The van der Waals surface area contributed by atoms with Crippen molar-refractivity contribution in [2.24, 2.45) is 0 Å². The molecule has 0 radical (unpaired) electrons. The van der Waals surface area contributed by atoms with Gasteiger partial charge in [0.15, 0.2) is 5.65 Å². The van der Waals surface area contributed by atoms with E-state index in [4.69, 9.17) is 5.10 Å². The monoisotopic (exact) mass is 401 g/mol. The minimum absolute atomic E-state index is 0.0754. The number of fused-ring (bicyclic) bond motifs is 2. The maximum absolute atomic E-state index is 12.8. The lowest BCUT2D eigenvalue weighted by atomic mass is 10.1. The van der Waals surface area contributed by atoms with E-state index in [1.807, 2.05) is 35.2 Å². The van der Waals surface area contributed by atoms with Gasteiger partial charge < -0.3 is 4.90 Å². The molecule has 0 aliphatic carbocycles. The highest BCUT2D eigenvalue weighted by Gasteiger charge is 2.24. The molecule has 144 valence electrons. The highest BCUT2D eigenvalue weighted by Crippen LogP contribution is 2.29. The number of benzene rings is 2. The molecule has 6 nitrogen and oxygen atoms in total. The third-order valence-electron chi connectivity index (χ3n) is 5.09. The predicted octanol–water partition coefficient (Wildman–Crippen LogP) is 3.78. The van der Waals surface area contributed by atoms with Crippen LogP contribution in [0.15, 0.2) is 65.8 Å². The lowest BCUT2D eigenvalue weighted by Crippen LogP contribution is -2.30. The lowest BCUT2D eigenvalue weighted by Gasteiger charge is -2.16. The number of thioether (sulfide) groups is 1. The lowest BCUT2D eigenvalue weighted by molar-refractivity contribution is -0.116. The van der Waals surface area contributed by atoms with Gasteiger partial charge in [0.2, 0.25) is 11.1 Å². The summed E-state index contributed by atoms with van der Waals surface area (Å²) in [5.41, 5.74) is 6.00. The number of carbonyl (C=O) groups excluding carboxylic acids is 1. The molecule has 0 fully saturated rings. The van der Waals surface area contributed by atoms with Crippen molar-refractivity contribution in [2.75, 3.05) is 17.2 Å². The molecule has 0 spiro atoms. The van der Waals surface area contributed by atoms with Crippen LogP contribution in [0.4, 0.5) is 5.69 Å². The van der Waals surface area contributed by atoms with Crippen molar-refractivity contribution in [2.45, 2.75) is 18.5 Å². The number of hydrogen-bond acceptors (Lipinski definition) is 5. The number of amides is 1. The Morgan fingerprint density at radius 3 is 2.72 bits per heavy atom. The molecule has 0 saturated carbocycles. The van der Waals surface area contributed by atoms with Gasteiger partial charge in [-0.1, -0.05) is 59.8 Å². The van der Waals surface area contributed by atoms with Gasteiger partial charge in [-0.3, -0.25) is 4.79 Å². The molecule has 0 N–H and O–H groups in total. The van der Waals surface area contributed by atoms with E-state index in [-0.39, 0.29) is 5.91 Å². The minimum Gasteiger partial charge on any atom is -0.311 e. The maximum Gasteiger partial charge on any atom is 0.237 e. The quantitative estimate of drug-likeness (QED) is 0.487. The van der Waals surface area contributed by atoms with Crippen LogP contribution >= 0.6 is 11.8 Å². The van der Waals surface area contributed by atoms with E-state index >= 15 is 0 Å². The minimum atomic E-state index is 0.0754. The van der Waals surface area contributed by atoms with Gasteiger partial charge >= 0.3 is 0 Å². The first-order valence-corrected chi connectivity index (χ1v) is 10.5. The summed E-state index contributed by atoms with van der Waals surface area (Å²) in [5.74, 6) is 0.373. The van der Waals surface area contributed by atoms with Crippen molar-refractivity contribution in [1.82, 2.24) is 19.8 Å². The fourth-order valence-electron chi connectivity index (χ4n) is 3.54. The molecular weight excluding hydrogens is 382 g/mol. The highest BCUT2D eigenvalue weighted by atomic mass is 32.2. The largest absolute Gasteiger partial charge is 0.311 e. The number of para-hydroxylation sites is 1. The van der Waals surface area contributed by atoms with E-state index in [0.29, 0.717) is 16.6 Å². The molecule has 1 aliphatic rings. The Kier molecular flexibility index (Phi) is 4.52. The predicted molar refractivity (Wildman–Crippen MR) is 114 cm³/mol. The normalized spacial score (nSPS) is 13.1. The second-order valence-corrected chi connectivity index (χ2v) is 7.99. The van der Waals surface area contributed by atoms with Crippen LogP contribution in [0, 0.1) is 6.92 Å². The van der Waals surface area contributed by atoms with Gasteiger partial charge in [-0.2, -0.15) is 9.61 Å². The van der Waals surface area contributed by atoms with Crippen LogP contribution in [-0.4, -0.2) is 38.0 Å². The van der Waals surface area contributed by atoms with Crippen molar-refractivity contribution in [3.63, 3.8) is 0 Å². The molecule has 5 rings (SSSR count). The van der Waals surface area contributed by atoms with Gasteiger partial charge in [0.05, 0.1) is 11.4 Å². The summed E-state index contributed by atoms with van der Waals surface area (Å²) in [6.45, 7) is 2.79. The third kappa shape index (κ3) is 3.38. The first-order chi connectivity index (χ1) is 14.2. The number of aromatic nitrogens is 4. The molecule has 3 heterocycles. The van der Waals surface area contributed by atoms with Crippen LogP contribution < -0.4 is 4.90 Å². The Morgan fingerprint density at radius 2 is 1.86 bits per heavy atom. The number of nitrogens with zero attached hydrogens (tertiary/aromatic N) is 5. The second kappa shape index (κ2) is 7.33. The summed E-state index contributed by atoms with van der Waals surface area (Å²) >= 11 is 1.37. The zero-order valence-electron chi connectivity index (χ0n) is 15.9. The van der Waals surface area contributed by atoms with Gasteiger partial charge in [0, 0.05) is 17.8 Å². The molecule has 0 atom stereocenters. The van der Waals surface area contributed by atoms with Crippen LogP contribution in [0.3, 0.4) is 0 Å². The van der Waals surface area contributed by atoms with Crippen molar-refractivity contribution < 1.29 is 4.79 Å². The van der Waals surface area contributed by atoms with Gasteiger partial charge in [-0.25, -0.2) is 0 Å². The van der Waals surface area contributed by atoms with Gasteiger partial charge in [-0.05, 0) is 37.1 Å². The van der Waals surface area contributed by atoms with Crippen molar-refractivity contribution in [3.05, 3.63) is 71.8 Å². The summed E-state index contributed by atoms with van der Waals surface area (Å²) in [5, 5.41) is 13.7. The van der Waals surface area contributed by atoms with E-state index in [1.165, 1.54) is 22.9 Å². The summed E-state index contributed by atoms with van der Waals surface area (Å²) in [6, 6.07) is 20.1. The third-order valence-corrected chi connectivity index (χ3v) is 6.00. The Labute approximate surface area is 172 Å². The van der Waals surface area contributed by atoms with E-state index in [0.717, 1.165) is 29.9 Å². The molecule has 0 bridgehead atoms. The zero-order valence-corrected chi connectivity index (χ0v) is 16.8. The average Bonchev–Trinajstić information content (AvgIpc) is 3.36. The fourth-order valence-corrected chi connectivity index (χ4v) is 4.30. The van der Waals surface area contributed by atoms with Crippen LogP contribution in [0.1, 0.15) is 11.1 Å². The first-order valence-electron chi connectivity index (χ1n) is 9.49. The Hall–Kier alpha value is -3.19. The van der Waals surface area contributed by atoms with Crippen LogP contribution in [-0.2, 0) is 11.2 Å². The van der Waals surface area contributed by atoms with Crippen molar-refractivity contribution >= 4 is 29.0 Å². The molecule has 2 aromatic carbocycles. The van der Waals surface area contributed by atoms with E-state index < -0.39 is 0 Å². The Morgan fingerprint density at radius 1 is 1.03 bits per heavy atom. The fraction of sp³-hybridized carbons (Fsp3) is 0.182. The summed E-state index contributed by atoms with van der Waals surface area (Å²) in [4.78, 5) is 14.6. The smallest absolute Gasteiger partial charge is 0.237 e. The van der Waals surface area contributed by atoms with E-state index in [2.05, 4.69) is 47.5 Å². The number of carbonyl (C=O) groups is 1. The van der Waals surface area contributed by atoms with E-state index in [9.17, 15) is 4.79 Å². The van der Waals surface area contributed by atoms with Gasteiger partial charge in [0.1, 0.15) is 0 Å². The number of anilines is 1. The number of aryl methyl sites for hydroxylation is 1. The number of rotatable bonds is 4. The van der Waals surface area contributed by atoms with E-state index in [1.54, 1.807) is 4.52 Å². The van der Waals surface area contributed by atoms with Gasteiger partial charge in [-0.15, -0.1) is 10.2 Å². The van der Waals surface area contributed by atoms with Gasteiger partial charge in [0.25, 0.3) is 0 Å². The Balaban J connectivity index is 1.36.